The molecule has 0 atom stereocenters. The molecule has 0 fully saturated rings. The van der Waals surface area contributed by atoms with Gasteiger partial charge < -0.3 is 4.98 Å². The third kappa shape index (κ3) is 1.74. The molecule has 0 radical (unpaired) electrons. The second kappa shape index (κ2) is 4.10. The van der Waals surface area contributed by atoms with Crippen LogP contribution in [0.25, 0.3) is 22.2 Å². The Balaban J connectivity index is 2.20. The summed E-state index contributed by atoms with van der Waals surface area (Å²) < 4.78 is 0. The number of nitrogens with one attached hydrogen (secondary N) is 1. The van der Waals surface area contributed by atoms with E-state index in [1.165, 1.54) is 27.7 Å². The van der Waals surface area contributed by atoms with Gasteiger partial charge in [0, 0.05) is 22.2 Å². The Morgan fingerprint density at radius 2 is 1.71 bits per heavy atom. The molecule has 84 valence electrons. The maximum absolute atomic E-state index is 3.49. The van der Waals surface area contributed by atoms with E-state index >= 15 is 0 Å². The van der Waals surface area contributed by atoms with E-state index < -0.39 is 0 Å². The van der Waals surface area contributed by atoms with Crippen molar-refractivity contribution in [3.8, 4) is 11.3 Å². The van der Waals surface area contributed by atoms with Crippen LogP contribution in [0.1, 0.15) is 12.5 Å². The predicted octanol–water partition coefficient (Wildman–Crippen LogP) is 4.40. The van der Waals surface area contributed by atoms with E-state index in [1.807, 2.05) is 0 Å². The van der Waals surface area contributed by atoms with Crippen molar-refractivity contribution in [2.75, 3.05) is 0 Å². The Hall–Kier alpha value is -2.02. The van der Waals surface area contributed by atoms with Gasteiger partial charge in [0.1, 0.15) is 0 Å². The van der Waals surface area contributed by atoms with Crippen LogP contribution in [0.15, 0.2) is 54.6 Å². The zero-order valence-corrected chi connectivity index (χ0v) is 9.90. The van der Waals surface area contributed by atoms with Gasteiger partial charge in [0.15, 0.2) is 0 Å². The fourth-order valence-corrected chi connectivity index (χ4v) is 2.31. The molecule has 0 aliphatic heterocycles. The molecule has 1 aromatic heterocycles. The van der Waals surface area contributed by atoms with Gasteiger partial charge in [-0.2, -0.15) is 0 Å². The monoisotopic (exact) mass is 221 g/mol. The van der Waals surface area contributed by atoms with Crippen LogP contribution < -0.4 is 0 Å². The van der Waals surface area contributed by atoms with Crippen molar-refractivity contribution in [1.29, 1.82) is 0 Å². The van der Waals surface area contributed by atoms with E-state index in [1.54, 1.807) is 0 Å². The minimum absolute atomic E-state index is 1.06. The smallest absolute Gasteiger partial charge is 0.0467 e. The standard InChI is InChI=1S/C16H15N/c1-2-12-7-3-5-9-14(12)16-11-13-8-4-6-10-15(13)17-16/h3-11,17H,2H2,1H3. The van der Waals surface area contributed by atoms with E-state index in [-0.39, 0.29) is 0 Å². The SMILES string of the molecule is CCc1ccccc1-c1cc2ccccc2[nH]1. The molecule has 0 spiro atoms. The van der Waals surface area contributed by atoms with Crippen LogP contribution in [0.4, 0.5) is 0 Å². The van der Waals surface area contributed by atoms with Gasteiger partial charge in [0.25, 0.3) is 0 Å². The highest BCUT2D eigenvalue weighted by atomic mass is 14.7. The zero-order chi connectivity index (χ0) is 11.7. The maximum atomic E-state index is 3.49. The van der Waals surface area contributed by atoms with E-state index in [4.69, 9.17) is 0 Å². The molecule has 1 heteroatoms. The lowest BCUT2D eigenvalue weighted by Gasteiger charge is -2.04. The number of benzene rings is 2. The van der Waals surface area contributed by atoms with Crippen molar-refractivity contribution in [2.45, 2.75) is 13.3 Å². The van der Waals surface area contributed by atoms with Gasteiger partial charge >= 0.3 is 0 Å². The van der Waals surface area contributed by atoms with E-state index in [2.05, 4.69) is 66.5 Å². The van der Waals surface area contributed by atoms with Crippen LogP contribution in [-0.4, -0.2) is 4.98 Å². The number of para-hydroxylation sites is 1. The van der Waals surface area contributed by atoms with Gasteiger partial charge in [0.05, 0.1) is 0 Å². The molecule has 0 bridgehead atoms. The quantitative estimate of drug-likeness (QED) is 0.660. The zero-order valence-electron chi connectivity index (χ0n) is 9.90. The lowest BCUT2D eigenvalue weighted by atomic mass is 10.0. The first kappa shape index (κ1) is 10.2. The lowest BCUT2D eigenvalue weighted by Crippen LogP contribution is -1.86. The molecular formula is C16H15N. The highest BCUT2D eigenvalue weighted by molar-refractivity contribution is 5.86. The normalized spacial score (nSPS) is 10.9. The number of hydrogen-bond acceptors (Lipinski definition) is 0. The molecule has 3 rings (SSSR count). The van der Waals surface area contributed by atoms with Crippen molar-refractivity contribution in [3.63, 3.8) is 0 Å². The molecule has 3 aromatic rings. The molecule has 0 saturated heterocycles. The highest BCUT2D eigenvalue weighted by Crippen LogP contribution is 2.26. The van der Waals surface area contributed by atoms with Gasteiger partial charge in [-0.05, 0) is 24.1 Å². The van der Waals surface area contributed by atoms with Crippen LogP contribution in [0.3, 0.4) is 0 Å². The van der Waals surface area contributed by atoms with Crippen LogP contribution in [0.2, 0.25) is 0 Å². The van der Waals surface area contributed by atoms with Crippen molar-refractivity contribution in [1.82, 2.24) is 4.98 Å². The first-order chi connectivity index (χ1) is 8.38. The van der Waals surface area contributed by atoms with Gasteiger partial charge in [-0.3, -0.25) is 0 Å². The topological polar surface area (TPSA) is 15.8 Å². The van der Waals surface area contributed by atoms with E-state index in [9.17, 15) is 0 Å². The molecule has 0 saturated carbocycles. The van der Waals surface area contributed by atoms with Crippen molar-refractivity contribution < 1.29 is 0 Å². The summed E-state index contributed by atoms with van der Waals surface area (Å²) in [6, 6.07) is 19.2. The largest absolute Gasteiger partial charge is 0.355 e. The second-order valence-electron chi connectivity index (χ2n) is 4.28. The van der Waals surface area contributed by atoms with Gasteiger partial charge in [0.2, 0.25) is 0 Å². The maximum Gasteiger partial charge on any atom is 0.0467 e. The summed E-state index contributed by atoms with van der Waals surface area (Å²) in [5.74, 6) is 0. The number of rotatable bonds is 2. The van der Waals surface area contributed by atoms with Crippen LogP contribution in [0, 0.1) is 0 Å². The molecule has 1 nitrogen and oxygen atoms in total. The molecule has 17 heavy (non-hydrogen) atoms. The minimum atomic E-state index is 1.06. The molecule has 1 N–H and O–H groups in total. The first-order valence-corrected chi connectivity index (χ1v) is 6.04. The first-order valence-electron chi connectivity index (χ1n) is 6.04. The Morgan fingerprint density at radius 3 is 2.53 bits per heavy atom. The fraction of sp³-hybridized carbons (Fsp3) is 0.125. The number of aromatic amines is 1. The lowest BCUT2D eigenvalue weighted by molar-refractivity contribution is 1.14. The summed E-state index contributed by atoms with van der Waals surface area (Å²) >= 11 is 0. The molecule has 0 aliphatic rings. The molecule has 2 aromatic carbocycles. The summed E-state index contributed by atoms with van der Waals surface area (Å²) in [6.45, 7) is 2.20. The number of aromatic nitrogens is 1. The van der Waals surface area contributed by atoms with Gasteiger partial charge in [-0.15, -0.1) is 0 Å². The van der Waals surface area contributed by atoms with E-state index in [0.29, 0.717) is 0 Å². The summed E-state index contributed by atoms with van der Waals surface area (Å²) in [5.41, 5.74) is 5.11. The molecule has 0 unspecified atom stereocenters. The van der Waals surface area contributed by atoms with Gasteiger partial charge in [-0.1, -0.05) is 49.4 Å². The van der Waals surface area contributed by atoms with E-state index in [0.717, 1.165) is 6.42 Å². The van der Waals surface area contributed by atoms with Crippen molar-refractivity contribution >= 4 is 10.9 Å². The fourth-order valence-electron chi connectivity index (χ4n) is 2.31. The number of hydrogen-bond donors (Lipinski definition) is 1. The van der Waals surface area contributed by atoms with Gasteiger partial charge in [-0.25, -0.2) is 0 Å². The Labute approximate surface area is 101 Å². The molecule has 0 amide bonds. The van der Waals surface area contributed by atoms with Crippen molar-refractivity contribution in [2.24, 2.45) is 0 Å². The average Bonchev–Trinajstić information content (AvgIpc) is 2.82. The average molecular weight is 221 g/mol. The predicted molar refractivity (Wildman–Crippen MR) is 73.1 cm³/mol. The summed E-state index contributed by atoms with van der Waals surface area (Å²) in [4.78, 5) is 3.49. The second-order valence-corrected chi connectivity index (χ2v) is 4.28. The number of H-pyrrole nitrogens is 1. The Kier molecular flexibility index (Phi) is 2.45. The third-order valence-electron chi connectivity index (χ3n) is 3.22. The Morgan fingerprint density at radius 1 is 0.941 bits per heavy atom. The number of aryl methyl sites for hydroxylation is 1. The number of fused-ring (bicyclic) bond motifs is 1. The molecule has 1 heterocycles. The molecule has 0 aliphatic carbocycles. The summed E-state index contributed by atoms with van der Waals surface area (Å²) in [7, 11) is 0. The highest BCUT2D eigenvalue weighted by Gasteiger charge is 2.05. The summed E-state index contributed by atoms with van der Waals surface area (Å²) in [6.07, 6.45) is 1.06. The van der Waals surface area contributed by atoms with Crippen LogP contribution >= 0.6 is 0 Å². The minimum Gasteiger partial charge on any atom is -0.355 e. The Bertz CT molecular complexity index is 616. The van der Waals surface area contributed by atoms with Crippen LogP contribution in [0.5, 0.6) is 0 Å². The summed E-state index contributed by atoms with van der Waals surface area (Å²) in [5, 5.41) is 1.27. The van der Waals surface area contributed by atoms with Crippen molar-refractivity contribution in [3.05, 3.63) is 60.2 Å². The molecular weight excluding hydrogens is 206 g/mol. The van der Waals surface area contributed by atoms with Crippen LogP contribution in [-0.2, 0) is 6.42 Å². The third-order valence-corrected chi connectivity index (χ3v) is 3.22.